The monoisotopic (exact) mass is 342 g/mol. The molecule has 112 valence electrons. The summed E-state index contributed by atoms with van der Waals surface area (Å²) in [5.74, 6) is 0.608. The first kappa shape index (κ1) is 17.0. The smallest absolute Gasteiger partial charge is 0.260 e. The summed E-state index contributed by atoms with van der Waals surface area (Å²) < 4.78 is 6.75. The second-order valence-electron chi connectivity index (χ2n) is 4.78. The van der Waals surface area contributed by atoms with Gasteiger partial charge in [0.1, 0.15) is 5.75 Å². The highest BCUT2D eigenvalue weighted by molar-refractivity contribution is 9.10. The number of amides is 1. The van der Waals surface area contributed by atoms with E-state index in [1.165, 1.54) is 0 Å². The minimum Gasteiger partial charge on any atom is -0.481 e. The lowest BCUT2D eigenvalue weighted by molar-refractivity contribution is -0.127. The van der Waals surface area contributed by atoms with E-state index in [1.54, 1.807) is 6.92 Å². The van der Waals surface area contributed by atoms with Gasteiger partial charge in [-0.25, -0.2) is 0 Å². The zero-order chi connectivity index (χ0) is 15.1. The number of rotatable bonds is 7. The van der Waals surface area contributed by atoms with E-state index in [2.05, 4.69) is 28.2 Å². The van der Waals surface area contributed by atoms with Gasteiger partial charge < -0.3 is 15.8 Å². The molecule has 1 amide bonds. The zero-order valence-electron chi connectivity index (χ0n) is 12.3. The highest BCUT2D eigenvalue weighted by Crippen LogP contribution is 2.25. The first-order valence-electron chi connectivity index (χ1n) is 6.96. The summed E-state index contributed by atoms with van der Waals surface area (Å²) in [7, 11) is 0. The maximum atomic E-state index is 11.7. The van der Waals surface area contributed by atoms with Crippen molar-refractivity contribution < 1.29 is 9.53 Å². The molecule has 0 heterocycles. The predicted molar refractivity (Wildman–Crippen MR) is 84.9 cm³/mol. The fraction of sp³-hybridized carbons (Fsp3) is 0.533. The molecule has 0 aliphatic rings. The summed E-state index contributed by atoms with van der Waals surface area (Å²) in [6.07, 6.45) is 1.11. The van der Waals surface area contributed by atoms with E-state index in [0.29, 0.717) is 6.54 Å². The van der Waals surface area contributed by atoms with Gasteiger partial charge in [-0.1, -0.05) is 22.9 Å². The van der Waals surface area contributed by atoms with Gasteiger partial charge in [0, 0.05) is 17.1 Å². The first-order chi connectivity index (χ1) is 9.47. The quantitative estimate of drug-likeness (QED) is 0.800. The highest BCUT2D eigenvalue weighted by atomic mass is 79.9. The van der Waals surface area contributed by atoms with Crippen molar-refractivity contribution in [2.45, 2.75) is 45.8 Å². The van der Waals surface area contributed by atoms with Crippen molar-refractivity contribution in [2.24, 2.45) is 5.73 Å². The Morgan fingerprint density at radius 3 is 2.75 bits per heavy atom. The molecule has 0 saturated carbocycles. The second-order valence-corrected chi connectivity index (χ2v) is 5.69. The Bertz CT molecular complexity index is 451. The largest absolute Gasteiger partial charge is 0.481 e. The molecule has 0 aliphatic heterocycles. The van der Waals surface area contributed by atoms with Crippen LogP contribution in [0.4, 0.5) is 0 Å². The maximum Gasteiger partial charge on any atom is 0.260 e. The van der Waals surface area contributed by atoms with E-state index in [0.717, 1.165) is 28.6 Å². The van der Waals surface area contributed by atoms with E-state index in [4.69, 9.17) is 10.5 Å². The number of hydrogen-bond acceptors (Lipinski definition) is 3. The average Bonchev–Trinajstić information content (AvgIpc) is 2.41. The van der Waals surface area contributed by atoms with Crippen LogP contribution in [-0.2, 0) is 11.2 Å². The third kappa shape index (κ3) is 5.13. The molecule has 1 aromatic rings. The predicted octanol–water partition coefficient (Wildman–Crippen LogP) is 2.63. The van der Waals surface area contributed by atoms with Gasteiger partial charge in [0.25, 0.3) is 5.91 Å². The number of benzene rings is 1. The lowest BCUT2D eigenvalue weighted by atomic mass is 10.0. The number of likely N-dealkylation sites (N-methyl/N-ethyl adjacent to an activating group) is 1. The molecule has 0 saturated heterocycles. The summed E-state index contributed by atoms with van der Waals surface area (Å²) in [5, 5.41) is 2.75. The molecule has 5 heteroatoms. The fourth-order valence-corrected chi connectivity index (χ4v) is 2.22. The van der Waals surface area contributed by atoms with Crippen molar-refractivity contribution in [2.75, 3.05) is 6.54 Å². The van der Waals surface area contributed by atoms with Gasteiger partial charge in [-0.05, 0) is 50.5 Å². The van der Waals surface area contributed by atoms with Crippen LogP contribution >= 0.6 is 15.9 Å². The molecule has 2 atom stereocenters. The summed E-state index contributed by atoms with van der Waals surface area (Å²) in [6.45, 7) is 6.29. The molecule has 0 spiro atoms. The van der Waals surface area contributed by atoms with Crippen LogP contribution in [-0.4, -0.2) is 24.6 Å². The third-order valence-electron chi connectivity index (χ3n) is 3.05. The molecular formula is C15H23BrN2O2. The molecule has 3 N–H and O–H groups in total. The Morgan fingerprint density at radius 2 is 2.15 bits per heavy atom. The minimum absolute atomic E-state index is 0.0893. The third-order valence-corrected chi connectivity index (χ3v) is 3.55. The number of nitrogens with two attached hydrogens (primary N) is 1. The second kappa shape index (κ2) is 8.27. The Labute approximate surface area is 129 Å². The highest BCUT2D eigenvalue weighted by Gasteiger charge is 2.16. The standard InChI is InChI=1S/C15H23BrN2O2/c1-4-13(17)9-11-8-12(16)6-7-14(11)20-10(3)15(19)18-5-2/h6-8,10,13H,4-5,9,17H2,1-3H3,(H,18,19). The molecule has 0 aliphatic carbocycles. The molecule has 0 radical (unpaired) electrons. The fourth-order valence-electron chi connectivity index (χ4n) is 1.81. The van der Waals surface area contributed by atoms with Crippen LogP contribution in [0.5, 0.6) is 5.75 Å². The van der Waals surface area contributed by atoms with Gasteiger partial charge in [-0.15, -0.1) is 0 Å². The van der Waals surface area contributed by atoms with E-state index in [9.17, 15) is 4.79 Å². The molecule has 0 fully saturated rings. The van der Waals surface area contributed by atoms with Crippen LogP contribution < -0.4 is 15.8 Å². The number of hydrogen-bond donors (Lipinski definition) is 2. The van der Waals surface area contributed by atoms with Crippen LogP contribution in [0.3, 0.4) is 0 Å². The lowest BCUT2D eigenvalue weighted by Crippen LogP contribution is -2.36. The number of carbonyl (C=O) groups excluding carboxylic acids is 1. The average molecular weight is 343 g/mol. The van der Waals surface area contributed by atoms with Crippen molar-refractivity contribution in [3.8, 4) is 5.75 Å². The molecular weight excluding hydrogens is 320 g/mol. The van der Waals surface area contributed by atoms with Crippen LogP contribution in [0.15, 0.2) is 22.7 Å². The van der Waals surface area contributed by atoms with Crippen molar-refractivity contribution in [3.05, 3.63) is 28.2 Å². The Hall–Kier alpha value is -1.07. The number of ether oxygens (including phenoxy) is 1. The van der Waals surface area contributed by atoms with Crippen LogP contribution in [0.2, 0.25) is 0 Å². The first-order valence-corrected chi connectivity index (χ1v) is 7.75. The van der Waals surface area contributed by atoms with Crippen LogP contribution in [0.25, 0.3) is 0 Å². The van der Waals surface area contributed by atoms with E-state index in [1.807, 2.05) is 25.1 Å². The van der Waals surface area contributed by atoms with Crippen molar-refractivity contribution >= 4 is 21.8 Å². The molecule has 1 rings (SSSR count). The Morgan fingerprint density at radius 1 is 1.45 bits per heavy atom. The Balaban J connectivity index is 2.85. The van der Waals surface area contributed by atoms with Crippen molar-refractivity contribution in [1.29, 1.82) is 0 Å². The van der Waals surface area contributed by atoms with Gasteiger partial charge >= 0.3 is 0 Å². The molecule has 1 aromatic carbocycles. The summed E-state index contributed by atoms with van der Waals surface area (Å²) in [5.41, 5.74) is 7.03. The van der Waals surface area contributed by atoms with Gasteiger partial charge in [0.05, 0.1) is 0 Å². The summed E-state index contributed by atoms with van der Waals surface area (Å²) >= 11 is 3.45. The topological polar surface area (TPSA) is 64.3 Å². The van der Waals surface area contributed by atoms with E-state index in [-0.39, 0.29) is 11.9 Å². The maximum absolute atomic E-state index is 11.7. The summed E-state index contributed by atoms with van der Waals surface area (Å²) in [6, 6.07) is 5.86. The Kier molecular flexibility index (Phi) is 7.02. The molecule has 2 unspecified atom stereocenters. The SMILES string of the molecule is CCNC(=O)C(C)Oc1ccc(Br)cc1CC(N)CC. The van der Waals surface area contributed by atoms with Crippen LogP contribution in [0.1, 0.15) is 32.8 Å². The zero-order valence-corrected chi connectivity index (χ0v) is 13.9. The van der Waals surface area contributed by atoms with Crippen molar-refractivity contribution in [1.82, 2.24) is 5.32 Å². The number of nitrogens with one attached hydrogen (secondary N) is 1. The number of halogens is 1. The molecule has 20 heavy (non-hydrogen) atoms. The van der Waals surface area contributed by atoms with E-state index < -0.39 is 6.10 Å². The van der Waals surface area contributed by atoms with Crippen LogP contribution in [0, 0.1) is 0 Å². The van der Waals surface area contributed by atoms with Gasteiger partial charge in [0.2, 0.25) is 0 Å². The lowest BCUT2D eigenvalue weighted by Gasteiger charge is -2.18. The van der Waals surface area contributed by atoms with E-state index >= 15 is 0 Å². The molecule has 0 aromatic heterocycles. The van der Waals surface area contributed by atoms with Gasteiger partial charge in [-0.3, -0.25) is 4.79 Å². The minimum atomic E-state index is -0.521. The van der Waals surface area contributed by atoms with Crippen molar-refractivity contribution in [3.63, 3.8) is 0 Å². The molecule has 4 nitrogen and oxygen atoms in total. The normalized spacial score (nSPS) is 13.7. The van der Waals surface area contributed by atoms with Gasteiger partial charge in [0.15, 0.2) is 6.10 Å². The molecule has 0 bridgehead atoms. The van der Waals surface area contributed by atoms with Gasteiger partial charge in [-0.2, -0.15) is 0 Å². The number of carbonyl (C=O) groups is 1. The summed E-state index contributed by atoms with van der Waals surface area (Å²) in [4.78, 5) is 11.7.